The van der Waals surface area contributed by atoms with Crippen molar-refractivity contribution in [3.8, 4) is 0 Å². The van der Waals surface area contributed by atoms with E-state index in [-0.39, 0.29) is 11.9 Å². The molecule has 0 amide bonds. The molecule has 1 atom stereocenters. The van der Waals surface area contributed by atoms with Crippen molar-refractivity contribution in [1.82, 2.24) is 0 Å². The Kier molecular flexibility index (Phi) is 3.31. The van der Waals surface area contributed by atoms with Crippen LogP contribution in [0.1, 0.15) is 30.1 Å². The number of ether oxygens (including phenoxy) is 1. The number of anilines is 1. The zero-order valence-corrected chi connectivity index (χ0v) is 10.00. The minimum Gasteiger partial charge on any atom is -0.465 e. The highest BCUT2D eigenvalue weighted by molar-refractivity contribution is 5.90. The number of hydrogen-bond acceptors (Lipinski definition) is 3. The molecule has 4 heteroatoms. The summed E-state index contributed by atoms with van der Waals surface area (Å²) in [6.07, 6.45) is 2.37. The van der Waals surface area contributed by atoms with Crippen LogP contribution in [0.4, 0.5) is 10.1 Å². The molecule has 0 bridgehead atoms. The lowest BCUT2D eigenvalue weighted by Gasteiger charge is -2.15. The number of carbonyl (C=O) groups is 1. The standard InChI is InChI=1S/C13H16FNO2/c1-8(9-3-4-9)15-12-7-10(13(16)17-2)5-6-11(12)14/h5-9,15H,3-4H2,1-2H3. The molecule has 1 aliphatic carbocycles. The van der Waals surface area contributed by atoms with Crippen LogP contribution in [-0.4, -0.2) is 19.1 Å². The van der Waals surface area contributed by atoms with Crippen molar-refractivity contribution in [3.63, 3.8) is 0 Å². The van der Waals surface area contributed by atoms with E-state index in [1.54, 1.807) is 0 Å². The second-order valence-electron chi connectivity index (χ2n) is 4.46. The third-order valence-electron chi connectivity index (χ3n) is 3.10. The van der Waals surface area contributed by atoms with Gasteiger partial charge in [0, 0.05) is 6.04 Å². The second kappa shape index (κ2) is 4.73. The lowest BCUT2D eigenvalue weighted by Crippen LogP contribution is -2.18. The third-order valence-corrected chi connectivity index (χ3v) is 3.10. The highest BCUT2D eigenvalue weighted by Crippen LogP contribution is 2.34. The van der Waals surface area contributed by atoms with Gasteiger partial charge in [-0.05, 0) is 43.9 Å². The molecule has 0 radical (unpaired) electrons. The summed E-state index contributed by atoms with van der Waals surface area (Å²) in [7, 11) is 1.31. The van der Waals surface area contributed by atoms with Gasteiger partial charge < -0.3 is 10.1 Å². The maximum Gasteiger partial charge on any atom is 0.337 e. The van der Waals surface area contributed by atoms with Crippen molar-refractivity contribution in [2.75, 3.05) is 12.4 Å². The Morgan fingerprint density at radius 1 is 1.53 bits per heavy atom. The normalized spacial score (nSPS) is 16.4. The average Bonchev–Trinajstić information content (AvgIpc) is 3.14. The molecule has 0 aliphatic heterocycles. The summed E-state index contributed by atoms with van der Waals surface area (Å²) in [5.74, 6) is -0.173. The maximum atomic E-state index is 13.6. The highest BCUT2D eigenvalue weighted by Gasteiger charge is 2.28. The molecular formula is C13H16FNO2. The van der Waals surface area contributed by atoms with Gasteiger partial charge in [-0.1, -0.05) is 0 Å². The first kappa shape index (κ1) is 11.9. The molecule has 1 fully saturated rings. The molecule has 1 aliphatic rings. The number of hydrogen-bond donors (Lipinski definition) is 1. The van der Waals surface area contributed by atoms with Crippen LogP contribution in [0.5, 0.6) is 0 Å². The summed E-state index contributed by atoms with van der Waals surface area (Å²) in [6.45, 7) is 2.03. The Morgan fingerprint density at radius 2 is 2.24 bits per heavy atom. The van der Waals surface area contributed by atoms with Crippen LogP contribution >= 0.6 is 0 Å². The molecule has 92 valence electrons. The highest BCUT2D eigenvalue weighted by atomic mass is 19.1. The molecule has 1 saturated carbocycles. The SMILES string of the molecule is COC(=O)c1ccc(F)c(NC(C)C2CC2)c1. The van der Waals surface area contributed by atoms with E-state index in [1.807, 2.05) is 6.92 Å². The van der Waals surface area contributed by atoms with E-state index in [0.29, 0.717) is 17.2 Å². The van der Waals surface area contributed by atoms with Crippen molar-refractivity contribution >= 4 is 11.7 Å². The topological polar surface area (TPSA) is 38.3 Å². The van der Waals surface area contributed by atoms with Gasteiger partial charge in [-0.3, -0.25) is 0 Å². The van der Waals surface area contributed by atoms with Crippen LogP contribution < -0.4 is 5.32 Å². The van der Waals surface area contributed by atoms with Crippen molar-refractivity contribution in [1.29, 1.82) is 0 Å². The van der Waals surface area contributed by atoms with Gasteiger partial charge in [0.2, 0.25) is 0 Å². The number of benzene rings is 1. The summed E-state index contributed by atoms with van der Waals surface area (Å²) in [5, 5.41) is 3.11. The number of nitrogens with one attached hydrogen (secondary N) is 1. The Morgan fingerprint density at radius 3 is 2.82 bits per heavy atom. The Balaban J connectivity index is 2.16. The minimum absolute atomic E-state index is 0.234. The van der Waals surface area contributed by atoms with Crippen molar-refractivity contribution in [2.45, 2.75) is 25.8 Å². The first-order valence-corrected chi connectivity index (χ1v) is 5.76. The summed E-state index contributed by atoms with van der Waals surface area (Å²) in [6, 6.07) is 4.44. The minimum atomic E-state index is -0.452. The zero-order chi connectivity index (χ0) is 12.4. The largest absolute Gasteiger partial charge is 0.465 e. The Labute approximate surface area is 100.0 Å². The monoisotopic (exact) mass is 237 g/mol. The molecule has 3 nitrogen and oxygen atoms in total. The smallest absolute Gasteiger partial charge is 0.337 e. The van der Waals surface area contributed by atoms with Crippen LogP contribution in [0, 0.1) is 11.7 Å². The molecule has 1 unspecified atom stereocenters. The summed E-state index contributed by atoms with van der Waals surface area (Å²) in [4.78, 5) is 11.3. The molecular weight excluding hydrogens is 221 g/mol. The maximum absolute atomic E-state index is 13.6. The van der Waals surface area contributed by atoms with E-state index in [9.17, 15) is 9.18 Å². The Bertz CT molecular complexity index is 429. The molecule has 17 heavy (non-hydrogen) atoms. The molecule has 2 rings (SSSR count). The number of methoxy groups -OCH3 is 1. The molecule has 1 aromatic carbocycles. The average molecular weight is 237 g/mol. The van der Waals surface area contributed by atoms with E-state index >= 15 is 0 Å². The molecule has 0 saturated heterocycles. The number of rotatable bonds is 4. The molecule has 1 aromatic rings. The molecule has 0 aromatic heterocycles. The van der Waals surface area contributed by atoms with Gasteiger partial charge in [-0.2, -0.15) is 0 Å². The van der Waals surface area contributed by atoms with Crippen molar-refractivity contribution in [2.24, 2.45) is 5.92 Å². The molecule has 1 N–H and O–H groups in total. The van der Waals surface area contributed by atoms with Crippen molar-refractivity contribution in [3.05, 3.63) is 29.6 Å². The number of halogens is 1. The fourth-order valence-corrected chi connectivity index (χ4v) is 1.84. The van der Waals surface area contributed by atoms with Gasteiger partial charge in [0.25, 0.3) is 0 Å². The fraction of sp³-hybridized carbons (Fsp3) is 0.462. The predicted octanol–water partition coefficient (Wildman–Crippen LogP) is 2.82. The van der Waals surface area contributed by atoms with E-state index < -0.39 is 5.97 Å². The number of carbonyl (C=O) groups excluding carboxylic acids is 1. The second-order valence-corrected chi connectivity index (χ2v) is 4.46. The van der Waals surface area contributed by atoms with E-state index in [1.165, 1.54) is 38.2 Å². The third kappa shape index (κ3) is 2.75. The van der Waals surface area contributed by atoms with Gasteiger partial charge in [-0.15, -0.1) is 0 Å². The van der Waals surface area contributed by atoms with Crippen LogP contribution in [0.3, 0.4) is 0 Å². The zero-order valence-electron chi connectivity index (χ0n) is 10.00. The molecule has 0 heterocycles. The van der Waals surface area contributed by atoms with Gasteiger partial charge >= 0.3 is 5.97 Å². The first-order chi connectivity index (χ1) is 8.11. The van der Waals surface area contributed by atoms with Gasteiger partial charge in [-0.25, -0.2) is 9.18 Å². The van der Waals surface area contributed by atoms with E-state index in [4.69, 9.17) is 0 Å². The number of esters is 1. The fourth-order valence-electron chi connectivity index (χ4n) is 1.84. The lowest BCUT2D eigenvalue weighted by molar-refractivity contribution is 0.0600. The Hall–Kier alpha value is -1.58. The summed E-state index contributed by atoms with van der Waals surface area (Å²) >= 11 is 0. The van der Waals surface area contributed by atoms with Crippen LogP contribution in [0.25, 0.3) is 0 Å². The van der Waals surface area contributed by atoms with Gasteiger partial charge in [0.1, 0.15) is 5.82 Å². The quantitative estimate of drug-likeness (QED) is 0.818. The molecule has 0 spiro atoms. The van der Waals surface area contributed by atoms with Gasteiger partial charge in [0.15, 0.2) is 0 Å². The first-order valence-electron chi connectivity index (χ1n) is 5.76. The van der Waals surface area contributed by atoms with Crippen LogP contribution in [-0.2, 0) is 4.74 Å². The van der Waals surface area contributed by atoms with Crippen molar-refractivity contribution < 1.29 is 13.9 Å². The summed E-state index contributed by atoms with van der Waals surface area (Å²) < 4.78 is 18.2. The van der Waals surface area contributed by atoms with Crippen LogP contribution in [0.2, 0.25) is 0 Å². The van der Waals surface area contributed by atoms with E-state index in [2.05, 4.69) is 10.1 Å². The lowest BCUT2D eigenvalue weighted by atomic mass is 10.1. The summed E-state index contributed by atoms with van der Waals surface area (Å²) in [5.41, 5.74) is 0.728. The predicted molar refractivity (Wildman–Crippen MR) is 63.5 cm³/mol. The van der Waals surface area contributed by atoms with Crippen LogP contribution in [0.15, 0.2) is 18.2 Å². The van der Waals surface area contributed by atoms with Gasteiger partial charge in [0.05, 0.1) is 18.4 Å². The van der Waals surface area contributed by atoms with E-state index in [0.717, 1.165) is 0 Å².